The molecule has 2 fully saturated rings. The van der Waals surface area contributed by atoms with Crippen molar-refractivity contribution in [3.8, 4) is 17.5 Å². The number of oxazole rings is 1. The maximum atomic E-state index is 12.9. The molecule has 1 aliphatic heterocycles. The van der Waals surface area contributed by atoms with Crippen molar-refractivity contribution in [2.45, 2.75) is 37.0 Å². The van der Waals surface area contributed by atoms with Gasteiger partial charge in [0.2, 0.25) is 5.89 Å². The molecule has 2 heterocycles. The van der Waals surface area contributed by atoms with Crippen molar-refractivity contribution in [3.63, 3.8) is 0 Å². The molecule has 2 aromatic rings. The van der Waals surface area contributed by atoms with Crippen LogP contribution < -0.4 is 16.4 Å². The van der Waals surface area contributed by atoms with Gasteiger partial charge in [-0.2, -0.15) is 24.0 Å². The summed E-state index contributed by atoms with van der Waals surface area (Å²) in [5, 5.41) is 9.22. The van der Waals surface area contributed by atoms with Crippen LogP contribution in [-0.4, -0.2) is 11.0 Å². The van der Waals surface area contributed by atoms with Crippen LogP contribution in [0.15, 0.2) is 28.7 Å². The molecule has 3 N–H and O–H groups in total. The second-order valence-corrected chi connectivity index (χ2v) is 6.12. The fourth-order valence-electron chi connectivity index (χ4n) is 2.85. The number of alkyl halides is 3. The van der Waals surface area contributed by atoms with Crippen LogP contribution in [0, 0.1) is 11.3 Å². The Balaban J connectivity index is 1.75. The minimum absolute atomic E-state index is 0.133. The molecule has 0 bridgehead atoms. The van der Waals surface area contributed by atoms with Gasteiger partial charge in [-0.15, -0.1) is 0 Å². The lowest BCUT2D eigenvalue weighted by atomic mass is 10.0. The number of hydrazine groups is 2. The topological polar surface area (TPSA) is 85.9 Å². The molecule has 25 heavy (non-hydrogen) atoms. The number of nitriles is 1. The average Bonchev–Trinajstić information content (AvgIpc) is 3.17. The number of aromatic nitrogens is 1. The zero-order chi connectivity index (χ0) is 17.6. The minimum atomic E-state index is -4.43. The number of hydrogen-bond donors (Lipinski definition) is 3. The first kappa shape index (κ1) is 16.1. The summed E-state index contributed by atoms with van der Waals surface area (Å²) < 4.78 is 44.6. The average molecular weight is 349 g/mol. The highest BCUT2D eigenvalue weighted by molar-refractivity contribution is 5.56. The van der Waals surface area contributed by atoms with Crippen molar-refractivity contribution >= 4 is 0 Å². The van der Waals surface area contributed by atoms with Crippen LogP contribution in [0.1, 0.15) is 41.8 Å². The van der Waals surface area contributed by atoms with E-state index in [2.05, 4.69) is 27.4 Å². The van der Waals surface area contributed by atoms with Gasteiger partial charge in [0, 0.05) is 11.5 Å². The van der Waals surface area contributed by atoms with Crippen molar-refractivity contribution in [1.29, 1.82) is 5.26 Å². The smallest absolute Gasteiger partial charge is 0.416 e. The Morgan fingerprint density at radius 3 is 2.72 bits per heavy atom. The van der Waals surface area contributed by atoms with E-state index >= 15 is 0 Å². The first-order valence-electron chi connectivity index (χ1n) is 7.81. The zero-order valence-electron chi connectivity index (χ0n) is 12.9. The van der Waals surface area contributed by atoms with E-state index in [4.69, 9.17) is 4.42 Å². The van der Waals surface area contributed by atoms with E-state index in [1.807, 2.05) is 0 Å². The van der Waals surface area contributed by atoms with Crippen molar-refractivity contribution in [1.82, 2.24) is 21.4 Å². The predicted octanol–water partition coefficient (Wildman–Crippen LogP) is 2.78. The molecule has 1 aromatic heterocycles. The summed E-state index contributed by atoms with van der Waals surface area (Å²) in [5.41, 5.74) is 8.42. The standard InChI is InChI=1S/C16H14F3N5O/c17-16(18,19)10-3-1-2-9(6-10)15-21-13(14(25-15)8-4-5-8)12-11(7-20)22-24-23-12/h1-3,6,8,11-12,22-24H,4-5H2. The van der Waals surface area contributed by atoms with Crippen LogP contribution >= 0.6 is 0 Å². The Labute approximate surface area is 141 Å². The molecule has 0 spiro atoms. The summed E-state index contributed by atoms with van der Waals surface area (Å²) in [4.78, 5) is 4.42. The van der Waals surface area contributed by atoms with Gasteiger partial charge in [-0.1, -0.05) is 6.07 Å². The molecule has 4 rings (SSSR count). The maximum absolute atomic E-state index is 12.9. The molecule has 2 aliphatic rings. The van der Waals surface area contributed by atoms with Gasteiger partial charge in [0.25, 0.3) is 0 Å². The van der Waals surface area contributed by atoms with Crippen molar-refractivity contribution in [2.24, 2.45) is 0 Å². The quantitative estimate of drug-likeness (QED) is 0.790. The highest BCUT2D eigenvalue weighted by Gasteiger charge is 2.39. The molecule has 130 valence electrons. The van der Waals surface area contributed by atoms with E-state index in [0.717, 1.165) is 25.0 Å². The fraction of sp³-hybridized carbons (Fsp3) is 0.375. The highest BCUT2D eigenvalue weighted by Crippen LogP contribution is 2.45. The Bertz CT molecular complexity index is 837. The molecule has 1 saturated carbocycles. The molecule has 1 saturated heterocycles. The van der Waals surface area contributed by atoms with E-state index in [9.17, 15) is 18.4 Å². The molecule has 1 aliphatic carbocycles. The maximum Gasteiger partial charge on any atom is 0.416 e. The highest BCUT2D eigenvalue weighted by atomic mass is 19.4. The van der Waals surface area contributed by atoms with Crippen LogP contribution in [0.4, 0.5) is 13.2 Å². The Morgan fingerprint density at radius 1 is 1.24 bits per heavy atom. The third-order valence-electron chi connectivity index (χ3n) is 4.29. The molecule has 2 unspecified atom stereocenters. The van der Waals surface area contributed by atoms with Gasteiger partial charge >= 0.3 is 6.18 Å². The molecular weight excluding hydrogens is 335 g/mol. The van der Waals surface area contributed by atoms with Crippen LogP contribution in [0.25, 0.3) is 11.5 Å². The number of nitrogens with zero attached hydrogens (tertiary/aromatic N) is 2. The number of hydrogen-bond acceptors (Lipinski definition) is 6. The van der Waals surface area contributed by atoms with Crippen LogP contribution in [0.2, 0.25) is 0 Å². The molecular formula is C16H14F3N5O. The van der Waals surface area contributed by atoms with Crippen molar-refractivity contribution in [3.05, 3.63) is 41.3 Å². The first-order valence-corrected chi connectivity index (χ1v) is 7.81. The summed E-state index contributed by atoms with van der Waals surface area (Å²) in [6.07, 6.45) is -2.55. The third kappa shape index (κ3) is 3.00. The molecule has 2 atom stereocenters. The second-order valence-electron chi connectivity index (χ2n) is 6.12. The van der Waals surface area contributed by atoms with Gasteiger partial charge in [-0.25, -0.2) is 15.8 Å². The lowest BCUT2D eigenvalue weighted by molar-refractivity contribution is -0.137. The van der Waals surface area contributed by atoms with Gasteiger partial charge < -0.3 is 4.42 Å². The summed E-state index contributed by atoms with van der Waals surface area (Å²) in [7, 11) is 0. The van der Waals surface area contributed by atoms with Gasteiger partial charge in [-0.3, -0.25) is 0 Å². The Kier molecular flexibility index (Phi) is 3.76. The summed E-state index contributed by atoms with van der Waals surface area (Å²) >= 11 is 0. The predicted molar refractivity (Wildman–Crippen MR) is 80.5 cm³/mol. The SMILES string of the molecule is N#CC1NNNC1c1nc(-c2cccc(C(F)(F)F)c2)oc1C1CC1. The number of rotatable bonds is 3. The summed E-state index contributed by atoms with van der Waals surface area (Å²) in [6.45, 7) is 0. The summed E-state index contributed by atoms with van der Waals surface area (Å²) in [6, 6.07) is 6.00. The lowest BCUT2D eigenvalue weighted by Crippen LogP contribution is -2.32. The number of halogens is 3. The van der Waals surface area contributed by atoms with Gasteiger partial charge in [0.1, 0.15) is 17.5 Å². The first-order chi connectivity index (χ1) is 12.0. The molecule has 0 radical (unpaired) electrons. The van der Waals surface area contributed by atoms with Crippen LogP contribution in [-0.2, 0) is 6.18 Å². The van der Waals surface area contributed by atoms with E-state index < -0.39 is 23.8 Å². The summed E-state index contributed by atoms with van der Waals surface area (Å²) in [5.74, 6) is 0.966. The molecule has 6 nitrogen and oxygen atoms in total. The van der Waals surface area contributed by atoms with E-state index in [0.29, 0.717) is 11.5 Å². The fourth-order valence-corrected chi connectivity index (χ4v) is 2.85. The van der Waals surface area contributed by atoms with Gasteiger partial charge in [0.15, 0.2) is 0 Å². The molecule has 1 aromatic carbocycles. The third-order valence-corrected chi connectivity index (χ3v) is 4.29. The van der Waals surface area contributed by atoms with E-state index in [1.165, 1.54) is 12.1 Å². The van der Waals surface area contributed by atoms with Gasteiger partial charge in [-0.05, 0) is 31.0 Å². The normalized spacial score (nSPS) is 23.6. The number of benzene rings is 1. The minimum Gasteiger partial charge on any atom is -0.441 e. The molecule has 0 amide bonds. The number of nitrogens with one attached hydrogen (secondary N) is 3. The van der Waals surface area contributed by atoms with Gasteiger partial charge in [0.05, 0.1) is 17.7 Å². The largest absolute Gasteiger partial charge is 0.441 e. The van der Waals surface area contributed by atoms with E-state index in [-0.39, 0.29) is 17.4 Å². The Morgan fingerprint density at radius 2 is 2.04 bits per heavy atom. The van der Waals surface area contributed by atoms with Crippen LogP contribution in [0.5, 0.6) is 0 Å². The lowest BCUT2D eigenvalue weighted by Gasteiger charge is -2.09. The van der Waals surface area contributed by atoms with Crippen molar-refractivity contribution < 1.29 is 17.6 Å². The monoisotopic (exact) mass is 349 g/mol. The van der Waals surface area contributed by atoms with Crippen molar-refractivity contribution in [2.75, 3.05) is 0 Å². The molecule has 9 heteroatoms. The zero-order valence-corrected chi connectivity index (χ0v) is 12.9. The van der Waals surface area contributed by atoms with E-state index in [1.54, 1.807) is 0 Å². The van der Waals surface area contributed by atoms with Crippen LogP contribution in [0.3, 0.4) is 0 Å². The second kappa shape index (κ2) is 5.84. The Hall–Kier alpha value is -2.41.